The van der Waals surface area contributed by atoms with Gasteiger partial charge in [0.1, 0.15) is 6.10 Å². The number of hydrogen-bond donors (Lipinski definition) is 0. The third-order valence-electron chi connectivity index (χ3n) is 9.61. The van der Waals surface area contributed by atoms with Crippen LogP contribution in [0.2, 0.25) is 0 Å². The molecule has 166 valence electrons. The van der Waals surface area contributed by atoms with E-state index in [4.69, 9.17) is 4.74 Å². The van der Waals surface area contributed by atoms with Gasteiger partial charge in [-0.2, -0.15) is 0 Å². The summed E-state index contributed by atoms with van der Waals surface area (Å²) >= 11 is 0. The molecule has 0 aromatic heterocycles. The summed E-state index contributed by atoms with van der Waals surface area (Å²) in [6, 6.07) is 10.2. The molecule has 4 aliphatic carbocycles. The van der Waals surface area contributed by atoms with Gasteiger partial charge in [-0.05, 0) is 86.2 Å². The highest BCUT2D eigenvalue weighted by Crippen LogP contribution is 2.65. The number of fused-ring (bicyclic) bond motifs is 5. The Balaban J connectivity index is 1.26. The minimum atomic E-state index is -0.0375. The molecule has 0 unspecified atom stereocenters. The Kier molecular flexibility index (Phi) is 5.35. The van der Waals surface area contributed by atoms with Crippen molar-refractivity contribution < 1.29 is 14.3 Å². The molecule has 5 rings (SSSR count). The van der Waals surface area contributed by atoms with Crippen LogP contribution in [-0.2, 0) is 20.7 Å². The Bertz CT molecular complexity index is 887. The van der Waals surface area contributed by atoms with Crippen molar-refractivity contribution >= 4 is 11.8 Å². The molecule has 1 aromatic rings. The highest BCUT2D eigenvalue weighted by atomic mass is 16.5. The topological polar surface area (TPSA) is 43.4 Å². The van der Waals surface area contributed by atoms with Crippen molar-refractivity contribution in [3.8, 4) is 0 Å². The number of ketones is 1. The van der Waals surface area contributed by atoms with Crippen LogP contribution in [0, 0.1) is 28.6 Å². The van der Waals surface area contributed by atoms with E-state index in [0.717, 1.165) is 32.1 Å². The van der Waals surface area contributed by atoms with Crippen LogP contribution in [0.5, 0.6) is 0 Å². The average Bonchev–Trinajstić information content (AvgIpc) is 3.10. The molecule has 3 heteroatoms. The van der Waals surface area contributed by atoms with E-state index in [0.29, 0.717) is 36.4 Å². The lowest BCUT2D eigenvalue weighted by Crippen LogP contribution is -2.51. The summed E-state index contributed by atoms with van der Waals surface area (Å²) in [6.45, 7) is 4.83. The van der Waals surface area contributed by atoms with Crippen molar-refractivity contribution in [2.24, 2.45) is 28.6 Å². The van der Waals surface area contributed by atoms with E-state index in [2.05, 4.69) is 26.0 Å². The molecule has 3 fully saturated rings. The number of esters is 1. The molecular formula is C28H36O3. The first-order valence-corrected chi connectivity index (χ1v) is 12.4. The molecule has 6 atom stereocenters. The Morgan fingerprint density at radius 2 is 1.81 bits per heavy atom. The Morgan fingerprint density at radius 3 is 2.61 bits per heavy atom. The van der Waals surface area contributed by atoms with Crippen molar-refractivity contribution in [3.05, 3.63) is 47.5 Å². The zero-order valence-corrected chi connectivity index (χ0v) is 19.1. The summed E-state index contributed by atoms with van der Waals surface area (Å²) in [7, 11) is 0. The predicted molar refractivity (Wildman–Crippen MR) is 121 cm³/mol. The van der Waals surface area contributed by atoms with Gasteiger partial charge in [-0.3, -0.25) is 9.59 Å². The van der Waals surface area contributed by atoms with Crippen LogP contribution in [-0.4, -0.2) is 17.9 Å². The largest absolute Gasteiger partial charge is 0.462 e. The third kappa shape index (κ3) is 3.58. The summed E-state index contributed by atoms with van der Waals surface area (Å²) < 4.78 is 6.14. The molecule has 4 aliphatic rings. The molecule has 0 spiro atoms. The summed E-state index contributed by atoms with van der Waals surface area (Å²) in [5, 5.41) is 0. The van der Waals surface area contributed by atoms with Crippen molar-refractivity contribution in [2.45, 2.75) is 84.2 Å². The van der Waals surface area contributed by atoms with Gasteiger partial charge in [-0.15, -0.1) is 0 Å². The summed E-state index contributed by atoms with van der Waals surface area (Å²) in [5.41, 5.74) is 2.95. The zero-order chi connectivity index (χ0) is 21.6. The van der Waals surface area contributed by atoms with Crippen molar-refractivity contribution in [1.29, 1.82) is 0 Å². The summed E-state index contributed by atoms with van der Waals surface area (Å²) in [5.74, 6) is 2.34. The van der Waals surface area contributed by atoms with E-state index in [1.165, 1.54) is 30.4 Å². The van der Waals surface area contributed by atoms with Crippen LogP contribution in [0.4, 0.5) is 0 Å². The minimum Gasteiger partial charge on any atom is -0.462 e. The Labute approximate surface area is 186 Å². The fourth-order valence-corrected chi connectivity index (χ4v) is 7.81. The highest BCUT2D eigenvalue weighted by molar-refractivity contribution is 5.91. The van der Waals surface area contributed by atoms with Gasteiger partial charge in [0.25, 0.3) is 0 Å². The standard InChI is InChI=1S/C28H36O3/c1-27-16-14-21(29)18-20(27)9-10-22-23-11-12-25(28(23,2)17-15-24(22)27)31-26(30)13-8-19-6-4-3-5-7-19/h3-7,18,22-25H,8-17H2,1-2H3/t22-,23-,24-,25-,27-,28-/m1/s1. The van der Waals surface area contributed by atoms with Gasteiger partial charge in [0, 0.05) is 18.3 Å². The fraction of sp³-hybridized carbons (Fsp3) is 0.643. The molecule has 0 bridgehead atoms. The third-order valence-corrected chi connectivity index (χ3v) is 9.61. The Hall–Kier alpha value is -1.90. The average molecular weight is 421 g/mol. The van der Waals surface area contributed by atoms with Crippen LogP contribution in [0.3, 0.4) is 0 Å². The normalized spacial score (nSPS) is 39.2. The van der Waals surface area contributed by atoms with Gasteiger partial charge in [0.15, 0.2) is 5.78 Å². The van der Waals surface area contributed by atoms with E-state index in [-0.39, 0.29) is 22.9 Å². The van der Waals surface area contributed by atoms with E-state index >= 15 is 0 Å². The lowest BCUT2D eigenvalue weighted by atomic mass is 9.47. The number of benzene rings is 1. The van der Waals surface area contributed by atoms with E-state index in [1.807, 2.05) is 24.3 Å². The summed E-state index contributed by atoms with van der Waals surface area (Å²) in [6.07, 6.45) is 11.8. The van der Waals surface area contributed by atoms with Crippen LogP contribution >= 0.6 is 0 Å². The van der Waals surface area contributed by atoms with Gasteiger partial charge in [-0.1, -0.05) is 49.8 Å². The predicted octanol–water partition coefficient (Wildman–Crippen LogP) is 6.06. The maximum Gasteiger partial charge on any atom is 0.306 e. The zero-order valence-electron chi connectivity index (χ0n) is 19.1. The van der Waals surface area contributed by atoms with Crippen molar-refractivity contribution in [2.75, 3.05) is 0 Å². The smallest absolute Gasteiger partial charge is 0.306 e. The Morgan fingerprint density at radius 1 is 1.00 bits per heavy atom. The number of allylic oxidation sites excluding steroid dienone is 1. The number of aryl methyl sites for hydroxylation is 1. The first kappa shape index (κ1) is 21.0. The lowest BCUT2D eigenvalue weighted by Gasteiger charge is -2.57. The number of ether oxygens (including phenoxy) is 1. The fourth-order valence-electron chi connectivity index (χ4n) is 7.81. The maximum atomic E-state index is 12.7. The van der Waals surface area contributed by atoms with Gasteiger partial charge in [0.2, 0.25) is 0 Å². The van der Waals surface area contributed by atoms with Crippen LogP contribution in [0.15, 0.2) is 42.0 Å². The lowest BCUT2D eigenvalue weighted by molar-refractivity contribution is -0.159. The molecule has 3 saturated carbocycles. The first-order chi connectivity index (χ1) is 14.9. The van der Waals surface area contributed by atoms with Crippen LogP contribution in [0.25, 0.3) is 0 Å². The van der Waals surface area contributed by atoms with Crippen molar-refractivity contribution in [3.63, 3.8) is 0 Å². The molecule has 0 aliphatic heterocycles. The van der Waals surface area contributed by atoms with Gasteiger partial charge < -0.3 is 4.74 Å². The molecule has 0 saturated heterocycles. The molecular weight excluding hydrogens is 384 g/mol. The van der Waals surface area contributed by atoms with E-state index in [9.17, 15) is 9.59 Å². The second-order valence-corrected chi connectivity index (χ2v) is 11.1. The molecule has 0 heterocycles. The highest BCUT2D eigenvalue weighted by Gasteiger charge is 2.59. The quantitative estimate of drug-likeness (QED) is 0.556. The minimum absolute atomic E-state index is 0.0375. The van der Waals surface area contributed by atoms with Crippen LogP contribution in [0.1, 0.15) is 77.2 Å². The van der Waals surface area contributed by atoms with Gasteiger partial charge in [0.05, 0.1) is 0 Å². The number of hydrogen-bond acceptors (Lipinski definition) is 3. The SMILES string of the molecule is C[C@@]12CC[C@@H]3[C@H](CCC4=CC(=O)CC[C@]43C)[C@H]1CC[C@H]2OC(=O)CCc1ccccc1. The molecule has 31 heavy (non-hydrogen) atoms. The first-order valence-electron chi connectivity index (χ1n) is 12.4. The van der Waals surface area contributed by atoms with Gasteiger partial charge >= 0.3 is 5.97 Å². The number of carbonyl (C=O) groups is 2. The molecule has 0 N–H and O–H groups in total. The number of rotatable bonds is 4. The second-order valence-electron chi connectivity index (χ2n) is 11.1. The van der Waals surface area contributed by atoms with E-state index < -0.39 is 0 Å². The molecule has 0 amide bonds. The second kappa shape index (κ2) is 7.90. The van der Waals surface area contributed by atoms with Crippen LogP contribution < -0.4 is 0 Å². The molecule has 1 aromatic carbocycles. The van der Waals surface area contributed by atoms with Gasteiger partial charge in [-0.25, -0.2) is 0 Å². The summed E-state index contributed by atoms with van der Waals surface area (Å²) in [4.78, 5) is 24.7. The molecule has 3 nitrogen and oxygen atoms in total. The van der Waals surface area contributed by atoms with E-state index in [1.54, 1.807) is 0 Å². The maximum absolute atomic E-state index is 12.7. The van der Waals surface area contributed by atoms with Crippen molar-refractivity contribution in [1.82, 2.24) is 0 Å². The monoisotopic (exact) mass is 420 g/mol. The molecule has 0 radical (unpaired) electrons. The number of carbonyl (C=O) groups excluding carboxylic acids is 2.